The van der Waals surface area contributed by atoms with Crippen LogP contribution >= 0.6 is 24.0 Å². The molecule has 0 bridgehead atoms. The normalized spacial score (nSPS) is 12.0. The summed E-state index contributed by atoms with van der Waals surface area (Å²) in [5.74, 6) is 0. The van der Waals surface area contributed by atoms with Crippen molar-refractivity contribution >= 4 is 34.0 Å². The largest absolute Gasteiger partial charge is 0.417 e. The summed E-state index contributed by atoms with van der Waals surface area (Å²) in [6.45, 7) is 0.413. The van der Waals surface area contributed by atoms with Gasteiger partial charge in [-0.05, 0) is 37.6 Å². The third-order valence-corrected chi connectivity index (χ3v) is 4.21. The second kappa shape index (κ2) is 8.19. The Labute approximate surface area is 132 Å². The van der Waals surface area contributed by atoms with Crippen molar-refractivity contribution in [1.29, 1.82) is 0 Å². The van der Waals surface area contributed by atoms with Crippen LogP contribution in [0, 0.1) is 0 Å². The van der Waals surface area contributed by atoms with Crippen LogP contribution in [0.1, 0.15) is 18.4 Å². The number of benzene rings is 1. The Kier molecular flexibility index (Phi) is 7.98. The molecule has 0 amide bonds. The van der Waals surface area contributed by atoms with Gasteiger partial charge in [0.25, 0.3) is 0 Å². The molecule has 3 N–H and O–H groups in total. The highest BCUT2D eigenvalue weighted by Gasteiger charge is 2.37. The molecular weight excluding hydrogens is 352 g/mol. The van der Waals surface area contributed by atoms with Crippen molar-refractivity contribution in [3.63, 3.8) is 0 Å². The number of nitrogens with one attached hydrogen (secondary N) is 1. The van der Waals surface area contributed by atoms with Gasteiger partial charge in [0.05, 0.1) is 10.5 Å². The summed E-state index contributed by atoms with van der Waals surface area (Å²) < 4.78 is 64.4. The molecule has 0 aromatic heterocycles. The predicted molar refractivity (Wildman–Crippen MR) is 77.2 cm³/mol. The lowest BCUT2D eigenvalue weighted by Gasteiger charge is -2.14. The number of hydrogen-bond donors (Lipinski definition) is 2. The topological polar surface area (TPSA) is 72.2 Å². The molecule has 122 valence electrons. The third kappa shape index (κ3) is 5.99. The molecule has 4 nitrogen and oxygen atoms in total. The molecule has 0 atom stereocenters. The minimum absolute atomic E-state index is 0. The summed E-state index contributed by atoms with van der Waals surface area (Å²) >= 11 is 5.49. The van der Waals surface area contributed by atoms with E-state index in [0.717, 1.165) is 12.1 Å². The van der Waals surface area contributed by atoms with E-state index >= 15 is 0 Å². The molecule has 0 aliphatic rings. The van der Waals surface area contributed by atoms with Gasteiger partial charge in [0.2, 0.25) is 10.0 Å². The monoisotopic (exact) mass is 366 g/mol. The van der Waals surface area contributed by atoms with Crippen LogP contribution in [0.2, 0.25) is 5.02 Å². The molecule has 0 aliphatic carbocycles. The fourth-order valence-electron chi connectivity index (χ4n) is 1.51. The molecule has 1 aromatic rings. The quantitative estimate of drug-likeness (QED) is 0.760. The van der Waals surface area contributed by atoms with Gasteiger partial charge in [0.15, 0.2) is 0 Å². The fourth-order valence-corrected chi connectivity index (χ4v) is 2.96. The van der Waals surface area contributed by atoms with Gasteiger partial charge in [0, 0.05) is 11.6 Å². The van der Waals surface area contributed by atoms with Crippen molar-refractivity contribution in [3.8, 4) is 0 Å². The molecule has 0 saturated heterocycles. The van der Waals surface area contributed by atoms with E-state index in [0.29, 0.717) is 25.5 Å². The smallest absolute Gasteiger partial charge is 0.330 e. The van der Waals surface area contributed by atoms with Gasteiger partial charge in [-0.3, -0.25) is 0 Å². The van der Waals surface area contributed by atoms with E-state index in [1.54, 1.807) is 0 Å². The summed E-state index contributed by atoms with van der Waals surface area (Å²) in [6.07, 6.45) is -3.77. The highest BCUT2D eigenvalue weighted by molar-refractivity contribution is 7.89. The standard InChI is InChI=1S/C11H14ClF3N2O2S.ClH/c12-8-3-4-10(9(7-8)11(13,14)15)20(18,19)17-6-2-1-5-16;/h3-4,7,17H,1-2,5-6,16H2;1H. The van der Waals surface area contributed by atoms with Crippen LogP contribution in [0.4, 0.5) is 13.2 Å². The number of sulfonamides is 1. The molecule has 0 saturated carbocycles. The SMILES string of the molecule is Cl.NCCCCNS(=O)(=O)c1ccc(Cl)cc1C(F)(F)F. The van der Waals surface area contributed by atoms with E-state index in [4.69, 9.17) is 17.3 Å². The van der Waals surface area contributed by atoms with Crippen LogP contribution in [0.15, 0.2) is 23.1 Å². The van der Waals surface area contributed by atoms with Crippen LogP contribution in [0.3, 0.4) is 0 Å². The first-order valence-electron chi connectivity index (χ1n) is 5.75. The number of hydrogen-bond acceptors (Lipinski definition) is 3. The Hall–Kier alpha value is -0.540. The Morgan fingerprint density at radius 2 is 1.86 bits per heavy atom. The van der Waals surface area contributed by atoms with Crippen molar-refractivity contribution in [2.24, 2.45) is 5.73 Å². The van der Waals surface area contributed by atoms with E-state index in [2.05, 4.69) is 4.72 Å². The molecule has 1 aromatic carbocycles. The molecule has 21 heavy (non-hydrogen) atoms. The lowest BCUT2D eigenvalue weighted by atomic mass is 10.2. The first kappa shape index (κ1) is 20.5. The summed E-state index contributed by atoms with van der Waals surface area (Å²) in [6, 6.07) is 2.54. The minimum Gasteiger partial charge on any atom is -0.330 e. The fraction of sp³-hybridized carbons (Fsp3) is 0.455. The number of rotatable bonds is 6. The van der Waals surface area contributed by atoms with E-state index < -0.39 is 26.7 Å². The number of nitrogens with two attached hydrogens (primary N) is 1. The molecule has 0 fully saturated rings. The molecule has 0 spiro atoms. The van der Waals surface area contributed by atoms with Gasteiger partial charge >= 0.3 is 6.18 Å². The van der Waals surface area contributed by atoms with Crippen molar-refractivity contribution in [3.05, 3.63) is 28.8 Å². The highest BCUT2D eigenvalue weighted by Crippen LogP contribution is 2.35. The van der Waals surface area contributed by atoms with Crippen LogP contribution in [-0.4, -0.2) is 21.5 Å². The Morgan fingerprint density at radius 3 is 2.38 bits per heavy atom. The second-order valence-corrected chi connectivity index (χ2v) is 6.20. The molecule has 0 aliphatic heterocycles. The van der Waals surface area contributed by atoms with E-state index in [-0.39, 0.29) is 24.0 Å². The third-order valence-electron chi connectivity index (χ3n) is 2.46. The first-order chi connectivity index (χ1) is 9.18. The van der Waals surface area contributed by atoms with Crippen LogP contribution in [0.5, 0.6) is 0 Å². The average Bonchev–Trinajstić information content (AvgIpc) is 2.33. The van der Waals surface area contributed by atoms with Crippen LogP contribution in [-0.2, 0) is 16.2 Å². The zero-order valence-electron chi connectivity index (χ0n) is 10.8. The predicted octanol–water partition coefficient (Wildman–Crippen LogP) is 2.80. The first-order valence-corrected chi connectivity index (χ1v) is 7.61. The Balaban J connectivity index is 0.00000400. The molecule has 10 heteroatoms. The Bertz CT molecular complexity index is 565. The zero-order valence-corrected chi connectivity index (χ0v) is 13.2. The van der Waals surface area contributed by atoms with Gasteiger partial charge in [-0.25, -0.2) is 13.1 Å². The summed E-state index contributed by atoms with van der Waals surface area (Å²) in [5.41, 5.74) is 3.97. The van der Waals surface area contributed by atoms with Crippen LogP contribution < -0.4 is 10.5 Å². The number of unbranched alkanes of at least 4 members (excludes halogenated alkanes) is 1. The van der Waals surface area contributed by atoms with Gasteiger partial charge in [-0.1, -0.05) is 11.6 Å². The minimum atomic E-state index is -4.80. The zero-order chi connectivity index (χ0) is 15.4. The van der Waals surface area contributed by atoms with Crippen LogP contribution in [0.25, 0.3) is 0 Å². The van der Waals surface area contributed by atoms with Gasteiger partial charge in [0.1, 0.15) is 0 Å². The van der Waals surface area contributed by atoms with Crippen molar-refractivity contribution < 1.29 is 21.6 Å². The molecule has 0 unspecified atom stereocenters. The summed E-state index contributed by atoms with van der Waals surface area (Å²) in [4.78, 5) is -0.831. The lowest BCUT2D eigenvalue weighted by molar-refractivity contribution is -0.139. The van der Waals surface area contributed by atoms with Gasteiger partial charge in [-0.2, -0.15) is 13.2 Å². The van der Waals surface area contributed by atoms with E-state index in [9.17, 15) is 21.6 Å². The molecule has 1 rings (SSSR count). The van der Waals surface area contributed by atoms with E-state index in [1.165, 1.54) is 0 Å². The lowest BCUT2D eigenvalue weighted by Crippen LogP contribution is -2.27. The van der Waals surface area contributed by atoms with Crippen molar-refractivity contribution in [1.82, 2.24) is 4.72 Å². The van der Waals surface area contributed by atoms with Crippen molar-refractivity contribution in [2.75, 3.05) is 13.1 Å². The van der Waals surface area contributed by atoms with E-state index in [1.807, 2.05) is 0 Å². The number of alkyl halides is 3. The summed E-state index contributed by atoms with van der Waals surface area (Å²) in [5, 5.41) is -0.181. The summed E-state index contributed by atoms with van der Waals surface area (Å²) in [7, 11) is -4.24. The maximum atomic E-state index is 12.8. The average molecular weight is 367 g/mol. The maximum Gasteiger partial charge on any atom is 0.417 e. The van der Waals surface area contributed by atoms with Crippen molar-refractivity contribution in [2.45, 2.75) is 23.9 Å². The maximum absolute atomic E-state index is 12.8. The second-order valence-electron chi connectivity index (χ2n) is 4.03. The molecular formula is C11H15Cl2F3N2O2S. The van der Waals surface area contributed by atoms with Gasteiger partial charge < -0.3 is 5.73 Å². The number of halogens is 5. The van der Waals surface area contributed by atoms with Gasteiger partial charge in [-0.15, -0.1) is 12.4 Å². The molecule has 0 radical (unpaired) electrons. The Morgan fingerprint density at radius 1 is 1.24 bits per heavy atom. The highest BCUT2D eigenvalue weighted by atomic mass is 35.5. The molecule has 0 heterocycles.